The van der Waals surface area contributed by atoms with Gasteiger partial charge in [0.15, 0.2) is 0 Å². The molecule has 1 fully saturated rings. The van der Waals surface area contributed by atoms with Gasteiger partial charge in [0.25, 0.3) is 0 Å². The van der Waals surface area contributed by atoms with Crippen LogP contribution in [-0.4, -0.2) is 35.2 Å². The highest BCUT2D eigenvalue weighted by Gasteiger charge is 2.21. The van der Waals surface area contributed by atoms with Gasteiger partial charge in [-0.3, -0.25) is 0 Å². The molecule has 0 bridgehead atoms. The molecule has 1 aliphatic heterocycles. The maximum Gasteiger partial charge on any atom is 0.337 e. The van der Waals surface area contributed by atoms with Crippen molar-refractivity contribution in [2.75, 3.05) is 18.0 Å². The van der Waals surface area contributed by atoms with Gasteiger partial charge in [-0.15, -0.1) is 0 Å². The zero-order valence-electron chi connectivity index (χ0n) is 11.1. The van der Waals surface area contributed by atoms with Crippen molar-refractivity contribution in [1.82, 2.24) is 4.98 Å². The van der Waals surface area contributed by atoms with Crippen molar-refractivity contribution in [3.05, 3.63) is 36.0 Å². The molecule has 104 valence electrons. The molecule has 0 radical (unpaired) electrons. The number of aromatic carboxylic acids is 1. The minimum absolute atomic E-state index is 0.156. The van der Waals surface area contributed by atoms with Crippen LogP contribution >= 0.6 is 0 Å². The Morgan fingerprint density at radius 1 is 1.35 bits per heavy atom. The molecule has 1 aromatic heterocycles. The van der Waals surface area contributed by atoms with Crippen molar-refractivity contribution in [2.24, 2.45) is 5.73 Å². The number of carboxylic acid groups (broad SMARTS) is 1. The minimum atomic E-state index is -0.949. The lowest BCUT2D eigenvalue weighted by molar-refractivity contribution is 0.0698. The van der Waals surface area contributed by atoms with E-state index in [9.17, 15) is 9.90 Å². The third kappa shape index (κ3) is 2.20. The molecule has 3 N–H and O–H groups in total. The van der Waals surface area contributed by atoms with Crippen LogP contribution in [0.25, 0.3) is 10.8 Å². The van der Waals surface area contributed by atoms with E-state index >= 15 is 0 Å². The van der Waals surface area contributed by atoms with E-state index in [0.717, 1.165) is 42.5 Å². The highest BCUT2D eigenvalue weighted by molar-refractivity contribution is 6.06. The van der Waals surface area contributed by atoms with Crippen LogP contribution in [0.1, 0.15) is 23.2 Å². The maximum absolute atomic E-state index is 11.3. The smallest absolute Gasteiger partial charge is 0.337 e. The second-order valence-corrected chi connectivity index (χ2v) is 5.19. The van der Waals surface area contributed by atoms with Crippen LogP contribution in [0.2, 0.25) is 0 Å². The highest BCUT2D eigenvalue weighted by Crippen LogP contribution is 2.28. The molecule has 0 spiro atoms. The molecule has 1 saturated heterocycles. The van der Waals surface area contributed by atoms with Gasteiger partial charge in [0.1, 0.15) is 5.82 Å². The largest absolute Gasteiger partial charge is 0.478 e. The third-order valence-electron chi connectivity index (χ3n) is 3.76. The van der Waals surface area contributed by atoms with Gasteiger partial charge < -0.3 is 15.7 Å². The highest BCUT2D eigenvalue weighted by atomic mass is 16.4. The number of nitrogens with zero attached hydrogens (tertiary/aromatic N) is 2. The van der Waals surface area contributed by atoms with Crippen molar-refractivity contribution < 1.29 is 9.90 Å². The lowest BCUT2D eigenvalue weighted by Gasteiger charge is -2.32. The lowest BCUT2D eigenvalue weighted by atomic mass is 10.0. The number of rotatable bonds is 2. The van der Waals surface area contributed by atoms with E-state index in [1.54, 1.807) is 0 Å². The van der Waals surface area contributed by atoms with Crippen LogP contribution in [0.15, 0.2) is 30.5 Å². The summed E-state index contributed by atoms with van der Waals surface area (Å²) in [6.07, 6.45) is 3.51. The molecule has 1 unspecified atom stereocenters. The van der Waals surface area contributed by atoms with Crippen molar-refractivity contribution in [3.8, 4) is 0 Å². The monoisotopic (exact) mass is 271 g/mol. The van der Waals surface area contributed by atoms with Crippen molar-refractivity contribution in [2.45, 2.75) is 18.9 Å². The van der Waals surface area contributed by atoms with E-state index in [2.05, 4.69) is 9.88 Å². The molecule has 1 atom stereocenters. The first kappa shape index (κ1) is 12.9. The topological polar surface area (TPSA) is 79.5 Å². The summed E-state index contributed by atoms with van der Waals surface area (Å²) in [7, 11) is 0. The number of carboxylic acids is 1. The number of pyridine rings is 1. The number of piperidine rings is 1. The molecule has 3 rings (SSSR count). The summed E-state index contributed by atoms with van der Waals surface area (Å²) in [6.45, 7) is 1.68. The molecule has 5 nitrogen and oxygen atoms in total. The Bertz CT molecular complexity index is 657. The zero-order chi connectivity index (χ0) is 14.1. The third-order valence-corrected chi connectivity index (χ3v) is 3.76. The Hall–Kier alpha value is -2.14. The van der Waals surface area contributed by atoms with Gasteiger partial charge in [-0.1, -0.05) is 24.3 Å². The van der Waals surface area contributed by atoms with Gasteiger partial charge in [-0.2, -0.15) is 0 Å². The van der Waals surface area contributed by atoms with Crippen LogP contribution < -0.4 is 10.6 Å². The summed E-state index contributed by atoms with van der Waals surface area (Å²) >= 11 is 0. The number of carbonyl (C=O) groups is 1. The van der Waals surface area contributed by atoms with E-state index in [1.807, 2.05) is 24.3 Å². The molecular formula is C15H17N3O2. The second kappa shape index (κ2) is 5.09. The molecule has 5 heteroatoms. The molecule has 2 aromatic rings. The molecule has 1 aromatic carbocycles. The number of hydrogen-bond acceptors (Lipinski definition) is 4. The van der Waals surface area contributed by atoms with Crippen molar-refractivity contribution in [1.29, 1.82) is 0 Å². The summed E-state index contributed by atoms with van der Waals surface area (Å²) in [4.78, 5) is 17.8. The quantitative estimate of drug-likeness (QED) is 0.871. The van der Waals surface area contributed by atoms with E-state index < -0.39 is 5.97 Å². The summed E-state index contributed by atoms with van der Waals surface area (Å²) in [5.74, 6) is -0.114. The number of anilines is 1. The maximum atomic E-state index is 11.3. The van der Waals surface area contributed by atoms with Crippen molar-refractivity contribution >= 4 is 22.6 Å². The fourth-order valence-corrected chi connectivity index (χ4v) is 2.80. The number of fused-ring (bicyclic) bond motifs is 1. The first-order chi connectivity index (χ1) is 9.66. The standard InChI is InChI=1S/C15H17N3O2/c16-10-4-3-7-18(9-10)14-12-6-2-1-5-11(12)13(8-17-14)15(19)20/h1-2,5-6,8,10H,3-4,7,9,16H2,(H,19,20). The molecule has 2 heterocycles. The van der Waals surface area contributed by atoms with Gasteiger partial charge in [0, 0.05) is 36.1 Å². The van der Waals surface area contributed by atoms with Crippen LogP contribution in [-0.2, 0) is 0 Å². The molecule has 0 saturated carbocycles. The average molecular weight is 271 g/mol. The number of aromatic nitrogens is 1. The Labute approximate surface area is 117 Å². The summed E-state index contributed by atoms with van der Waals surface area (Å²) in [5, 5.41) is 10.9. The second-order valence-electron chi connectivity index (χ2n) is 5.19. The van der Waals surface area contributed by atoms with Gasteiger partial charge in [0.05, 0.1) is 5.56 Å². The van der Waals surface area contributed by atoms with Gasteiger partial charge >= 0.3 is 5.97 Å². The minimum Gasteiger partial charge on any atom is -0.478 e. The van der Waals surface area contributed by atoms with E-state index in [1.165, 1.54) is 6.20 Å². The summed E-state index contributed by atoms with van der Waals surface area (Å²) < 4.78 is 0. The predicted octanol–water partition coefficient (Wildman–Crippen LogP) is 1.86. The average Bonchev–Trinajstić information content (AvgIpc) is 2.46. The van der Waals surface area contributed by atoms with Crippen molar-refractivity contribution in [3.63, 3.8) is 0 Å². The van der Waals surface area contributed by atoms with E-state index in [0.29, 0.717) is 0 Å². The van der Waals surface area contributed by atoms with Gasteiger partial charge in [-0.25, -0.2) is 9.78 Å². The predicted molar refractivity (Wildman–Crippen MR) is 78.1 cm³/mol. The fraction of sp³-hybridized carbons (Fsp3) is 0.333. The number of benzene rings is 1. The molecular weight excluding hydrogens is 254 g/mol. The van der Waals surface area contributed by atoms with Gasteiger partial charge in [-0.05, 0) is 12.8 Å². The Balaban J connectivity index is 2.12. The van der Waals surface area contributed by atoms with Gasteiger partial charge in [0.2, 0.25) is 0 Å². The van der Waals surface area contributed by atoms with Crippen LogP contribution in [0.5, 0.6) is 0 Å². The number of hydrogen-bond donors (Lipinski definition) is 2. The van der Waals surface area contributed by atoms with E-state index in [4.69, 9.17) is 5.73 Å². The summed E-state index contributed by atoms with van der Waals surface area (Å²) in [5.41, 5.74) is 6.26. The zero-order valence-corrected chi connectivity index (χ0v) is 11.1. The molecule has 0 aliphatic carbocycles. The Kier molecular flexibility index (Phi) is 3.28. The first-order valence-electron chi connectivity index (χ1n) is 6.78. The first-order valence-corrected chi connectivity index (χ1v) is 6.78. The number of nitrogens with two attached hydrogens (primary N) is 1. The Morgan fingerprint density at radius 2 is 2.10 bits per heavy atom. The lowest BCUT2D eigenvalue weighted by Crippen LogP contribution is -2.43. The van der Waals surface area contributed by atoms with Crippen LogP contribution in [0.4, 0.5) is 5.82 Å². The fourth-order valence-electron chi connectivity index (χ4n) is 2.80. The molecule has 0 amide bonds. The Morgan fingerprint density at radius 3 is 2.80 bits per heavy atom. The molecule has 20 heavy (non-hydrogen) atoms. The molecule has 1 aliphatic rings. The van der Waals surface area contributed by atoms with Crippen LogP contribution in [0.3, 0.4) is 0 Å². The summed E-state index contributed by atoms with van der Waals surface area (Å²) in [6, 6.07) is 7.66. The normalized spacial score (nSPS) is 19.2. The van der Waals surface area contributed by atoms with E-state index in [-0.39, 0.29) is 11.6 Å². The van der Waals surface area contributed by atoms with Crippen LogP contribution in [0, 0.1) is 0 Å². The SMILES string of the molecule is NC1CCCN(c2ncc(C(=O)O)c3ccccc23)C1.